The zero-order valence-electron chi connectivity index (χ0n) is 15.0. The highest BCUT2D eigenvalue weighted by Crippen LogP contribution is 2.18. The van der Waals surface area contributed by atoms with Gasteiger partial charge in [-0.3, -0.25) is 25.0 Å². The first-order valence-corrected chi connectivity index (χ1v) is 8.50. The minimum atomic E-state index is -0.975. The molecule has 3 rings (SSSR count). The molecular weight excluding hydrogens is 378 g/mol. The Labute approximate surface area is 164 Å². The van der Waals surface area contributed by atoms with Gasteiger partial charge in [0.2, 0.25) is 17.8 Å². The number of anilines is 2. The third kappa shape index (κ3) is 5.35. The van der Waals surface area contributed by atoms with Gasteiger partial charge in [0, 0.05) is 23.5 Å². The van der Waals surface area contributed by atoms with E-state index in [1.807, 2.05) is 18.2 Å². The molecule has 1 atom stereocenters. The first-order chi connectivity index (χ1) is 13.9. The Balaban J connectivity index is 1.61. The van der Waals surface area contributed by atoms with Crippen molar-refractivity contribution < 1.29 is 14.5 Å². The van der Waals surface area contributed by atoms with Gasteiger partial charge < -0.3 is 16.4 Å². The van der Waals surface area contributed by atoms with Crippen LogP contribution in [0.4, 0.5) is 17.1 Å². The second-order valence-corrected chi connectivity index (χ2v) is 6.01. The number of nitrogens with one attached hydrogen (secondary N) is 3. The minimum absolute atomic E-state index is 0.0101. The summed E-state index contributed by atoms with van der Waals surface area (Å²) in [5.74, 6) is -0.999. The predicted octanol–water partition coefficient (Wildman–Crippen LogP) is 1.20. The Bertz CT molecular complexity index is 1000. The normalized spacial score (nSPS) is 16.0. The summed E-state index contributed by atoms with van der Waals surface area (Å²) >= 11 is 0. The maximum absolute atomic E-state index is 12.2. The maximum atomic E-state index is 12.2. The number of nitrogens with zero attached hydrogens (tertiary/aromatic N) is 3. The summed E-state index contributed by atoms with van der Waals surface area (Å²) < 4.78 is 0. The van der Waals surface area contributed by atoms with Crippen LogP contribution in [0.5, 0.6) is 0 Å². The molecule has 2 aromatic carbocycles. The topological polar surface area (TPSA) is 164 Å². The highest BCUT2D eigenvalue weighted by atomic mass is 16.6. The lowest BCUT2D eigenvalue weighted by Crippen LogP contribution is -2.32. The summed E-state index contributed by atoms with van der Waals surface area (Å²) in [7, 11) is 0. The summed E-state index contributed by atoms with van der Waals surface area (Å²) in [5.41, 5.74) is 6.60. The molecule has 1 unspecified atom stereocenters. The van der Waals surface area contributed by atoms with Crippen molar-refractivity contribution in [1.29, 1.82) is 0 Å². The largest absolute Gasteiger partial charge is 0.369 e. The minimum Gasteiger partial charge on any atom is -0.369 e. The second-order valence-electron chi connectivity index (χ2n) is 6.01. The Hall–Kier alpha value is -4.28. The van der Waals surface area contributed by atoms with Gasteiger partial charge in [0.25, 0.3) is 11.6 Å². The number of amides is 2. The van der Waals surface area contributed by atoms with E-state index >= 15 is 0 Å². The summed E-state index contributed by atoms with van der Waals surface area (Å²) in [6.07, 6.45) is -0.250. The van der Waals surface area contributed by atoms with E-state index in [-0.39, 0.29) is 29.7 Å². The van der Waals surface area contributed by atoms with Crippen molar-refractivity contribution >= 4 is 40.8 Å². The Morgan fingerprint density at radius 2 is 1.90 bits per heavy atom. The van der Waals surface area contributed by atoms with Crippen molar-refractivity contribution in [3.05, 3.63) is 64.7 Å². The van der Waals surface area contributed by atoms with Gasteiger partial charge in [0.15, 0.2) is 0 Å². The molecule has 11 nitrogen and oxygen atoms in total. The number of non-ortho nitro benzene ring substituents is 1. The number of carbonyl (C=O) groups excluding carboxylic acids is 2. The summed E-state index contributed by atoms with van der Waals surface area (Å²) in [4.78, 5) is 42.5. The number of carbonyl (C=O) groups is 2. The predicted molar refractivity (Wildman–Crippen MR) is 107 cm³/mol. The fraction of sp³-hybridized carbons (Fsp3) is 0.111. The molecule has 29 heavy (non-hydrogen) atoms. The van der Waals surface area contributed by atoms with E-state index < -0.39 is 22.8 Å². The van der Waals surface area contributed by atoms with E-state index in [9.17, 15) is 19.7 Å². The standard InChI is InChI=1S/C18H17N7O4/c19-17(21-11-5-2-1-3-6-11)24-18-22-14(16(27)23-18)10-15(26)20-12-7-4-8-13(9-12)25(28)29/h1-9,14H,10H2,(H,20,26)(H4,19,21,22,23,24,27). The molecule has 1 aliphatic rings. The fourth-order valence-electron chi connectivity index (χ4n) is 2.52. The van der Waals surface area contributed by atoms with Crippen LogP contribution in [0.3, 0.4) is 0 Å². The molecule has 2 aromatic rings. The smallest absolute Gasteiger partial charge is 0.271 e. The second kappa shape index (κ2) is 8.61. The fourth-order valence-corrected chi connectivity index (χ4v) is 2.52. The SMILES string of the molecule is N/C(=N\C1=NC(CC(=O)Nc2cccc([N+](=O)[O-])c2)C(=O)N1)Nc1ccccc1. The van der Waals surface area contributed by atoms with Gasteiger partial charge in [-0.05, 0) is 18.2 Å². The van der Waals surface area contributed by atoms with Gasteiger partial charge in [0.05, 0.1) is 11.3 Å². The van der Waals surface area contributed by atoms with Gasteiger partial charge >= 0.3 is 0 Å². The monoisotopic (exact) mass is 395 g/mol. The highest BCUT2D eigenvalue weighted by Gasteiger charge is 2.28. The number of benzene rings is 2. The lowest BCUT2D eigenvalue weighted by atomic mass is 10.2. The van der Waals surface area contributed by atoms with Crippen molar-refractivity contribution in [2.75, 3.05) is 10.6 Å². The molecule has 0 saturated heterocycles. The van der Waals surface area contributed by atoms with E-state index in [1.165, 1.54) is 24.3 Å². The lowest BCUT2D eigenvalue weighted by molar-refractivity contribution is -0.384. The van der Waals surface area contributed by atoms with Crippen LogP contribution < -0.4 is 21.7 Å². The third-order valence-electron chi connectivity index (χ3n) is 3.81. The van der Waals surface area contributed by atoms with Gasteiger partial charge in [0.1, 0.15) is 6.04 Å². The Kier molecular flexibility index (Phi) is 5.78. The van der Waals surface area contributed by atoms with Gasteiger partial charge in [-0.1, -0.05) is 24.3 Å². The van der Waals surface area contributed by atoms with Crippen molar-refractivity contribution in [3.63, 3.8) is 0 Å². The van der Waals surface area contributed by atoms with Crippen LogP contribution in [0.15, 0.2) is 64.6 Å². The number of nitro groups is 1. The van der Waals surface area contributed by atoms with Crippen LogP contribution >= 0.6 is 0 Å². The van der Waals surface area contributed by atoms with Gasteiger partial charge in [-0.15, -0.1) is 0 Å². The first-order valence-electron chi connectivity index (χ1n) is 8.50. The molecule has 0 saturated carbocycles. The molecule has 1 aliphatic heterocycles. The molecule has 0 fully saturated rings. The maximum Gasteiger partial charge on any atom is 0.271 e. The number of rotatable bonds is 5. The van der Waals surface area contributed by atoms with Crippen molar-refractivity contribution in [2.45, 2.75) is 12.5 Å². The molecule has 0 bridgehead atoms. The summed E-state index contributed by atoms with van der Waals surface area (Å²) in [5, 5.41) is 18.6. The molecule has 11 heteroatoms. The van der Waals surface area contributed by atoms with Gasteiger partial charge in [-0.2, -0.15) is 4.99 Å². The van der Waals surface area contributed by atoms with E-state index in [0.29, 0.717) is 5.69 Å². The summed E-state index contributed by atoms with van der Waals surface area (Å²) in [6, 6.07) is 13.6. The number of nitrogens with two attached hydrogens (primary N) is 1. The highest BCUT2D eigenvalue weighted by molar-refractivity contribution is 6.11. The molecule has 0 spiro atoms. The van der Waals surface area contributed by atoms with E-state index in [2.05, 4.69) is 25.9 Å². The molecule has 5 N–H and O–H groups in total. The van der Waals surface area contributed by atoms with Crippen molar-refractivity contribution in [3.8, 4) is 0 Å². The molecular formula is C18H17N7O4. The third-order valence-corrected chi connectivity index (χ3v) is 3.81. The van der Waals surface area contributed by atoms with E-state index in [0.717, 1.165) is 0 Å². The molecule has 1 heterocycles. The number of hydrogen-bond donors (Lipinski definition) is 4. The lowest BCUT2D eigenvalue weighted by Gasteiger charge is -2.06. The van der Waals surface area contributed by atoms with Crippen LogP contribution in [0.25, 0.3) is 0 Å². The average molecular weight is 395 g/mol. The van der Waals surface area contributed by atoms with Crippen molar-refractivity contribution in [1.82, 2.24) is 5.32 Å². The number of para-hydroxylation sites is 1. The molecule has 0 aliphatic carbocycles. The number of guanidine groups is 2. The summed E-state index contributed by atoms with van der Waals surface area (Å²) in [6.45, 7) is 0. The Morgan fingerprint density at radius 3 is 2.62 bits per heavy atom. The van der Waals surface area contributed by atoms with Gasteiger partial charge in [-0.25, -0.2) is 4.99 Å². The van der Waals surface area contributed by atoms with Crippen LogP contribution in [-0.2, 0) is 9.59 Å². The number of aliphatic imine (C=N–C) groups is 2. The zero-order chi connectivity index (χ0) is 20.8. The zero-order valence-corrected chi connectivity index (χ0v) is 15.0. The van der Waals surface area contributed by atoms with E-state index in [1.54, 1.807) is 12.1 Å². The molecule has 0 aromatic heterocycles. The van der Waals surface area contributed by atoms with Crippen LogP contribution in [0, 0.1) is 10.1 Å². The van der Waals surface area contributed by atoms with Crippen LogP contribution in [0.2, 0.25) is 0 Å². The molecule has 0 radical (unpaired) electrons. The quantitative estimate of drug-likeness (QED) is 0.257. The van der Waals surface area contributed by atoms with Crippen molar-refractivity contribution in [2.24, 2.45) is 15.7 Å². The molecule has 2 amide bonds. The first kappa shape index (κ1) is 19.5. The number of nitro benzene ring substituents is 1. The molecule has 148 valence electrons. The average Bonchev–Trinajstić information content (AvgIpc) is 3.01. The van der Waals surface area contributed by atoms with Crippen LogP contribution in [0.1, 0.15) is 6.42 Å². The number of hydrogen-bond acceptors (Lipinski definition) is 6. The Morgan fingerprint density at radius 1 is 1.17 bits per heavy atom. The van der Waals surface area contributed by atoms with Crippen LogP contribution in [-0.4, -0.2) is 34.7 Å². The van der Waals surface area contributed by atoms with E-state index in [4.69, 9.17) is 5.73 Å².